The lowest BCUT2D eigenvalue weighted by atomic mass is 9.88. The summed E-state index contributed by atoms with van der Waals surface area (Å²) >= 11 is 0. The molecule has 1 aliphatic heterocycles. The predicted molar refractivity (Wildman–Crippen MR) is 77.8 cm³/mol. The van der Waals surface area contributed by atoms with Crippen molar-refractivity contribution >= 4 is 0 Å². The number of unbranched alkanes of at least 4 members (excludes halogenated alkanes) is 1. The van der Waals surface area contributed by atoms with E-state index >= 15 is 0 Å². The van der Waals surface area contributed by atoms with Crippen LogP contribution in [0.5, 0.6) is 0 Å². The lowest BCUT2D eigenvalue weighted by Crippen LogP contribution is -2.37. The Kier molecular flexibility index (Phi) is 5.80. The standard InChI is InChI=1S/C16H26N2O/c1-2-3-7-16(19)14-8-11-18(12-9-14)13-15-6-4-5-10-17-15/h4-6,10,14,16,19H,2-3,7-9,11-13H2,1H3. The van der Waals surface area contributed by atoms with Gasteiger partial charge in [0.15, 0.2) is 0 Å². The van der Waals surface area contributed by atoms with Gasteiger partial charge >= 0.3 is 0 Å². The monoisotopic (exact) mass is 262 g/mol. The molecule has 19 heavy (non-hydrogen) atoms. The van der Waals surface area contributed by atoms with Gasteiger partial charge in [-0.2, -0.15) is 0 Å². The molecule has 106 valence electrons. The van der Waals surface area contributed by atoms with E-state index in [9.17, 15) is 5.11 Å². The molecule has 0 spiro atoms. The molecular weight excluding hydrogens is 236 g/mol. The first-order valence-electron chi connectivity index (χ1n) is 7.60. The lowest BCUT2D eigenvalue weighted by Gasteiger charge is -2.34. The van der Waals surface area contributed by atoms with E-state index in [0.29, 0.717) is 5.92 Å². The summed E-state index contributed by atoms with van der Waals surface area (Å²) in [7, 11) is 0. The maximum absolute atomic E-state index is 10.2. The Bertz CT molecular complexity index is 347. The number of hydrogen-bond acceptors (Lipinski definition) is 3. The Labute approximate surface area is 116 Å². The van der Waals surface area contributed by atoms with Crippen molar-refractivity contribution in [2.45, 2.75) is 51.7 Å². The molecule has 1 aromatic heterocycles. The van der Waals surface area contributed by atoms with Crippen LogP contribution in [0, 0.1) is 5.92 Å². The number of rotatable bonds is 6. The summed E-state index contributed by atoms with van der Waals surface area (Å²) in [6, 6.07) is 6.09. The topological polar surface area (TPSA) is 36.4 Å². The van der Waals surface area contributed by atoms with Crippen LogP contribution in [-0.4, -0.2) is 34.2 Å². The molecule has 1 N–H and O–H groups in total. The summed E-state index contributed by atoms with van der Waals surface area (Å²) in [5.74, 6) is 0.506. The van der Waals surface area contributed by atoms with E-state index in [-0.39, 0.29) is 6.10 Å². The van der Waals surface area contributed by atoms with Crippen LogP contribution in [0.4, 0.5) is 0 Å². The summed E-state index contributed by atoms with van der Waals surface area (Å²) in [5, 5.41) is 10.2. The SMILES string of the molecule is CCCCC(O)C1CCN(Cc2ccccn2)CC1. The third kappa shape index (κ3) is 4.59. The molecule has 0 saturated carbocycles. The van der Waals surface area contributed by atoms with Crippen LogP contribution >= 0.6 is 0 Å². The van der Waals surface area contributed by atoms with Crippen molar-refractivity contribution in [3.63, 3.8) is 0 Å². The molecule has 3 nitrogen and oxygen atoms in total. The number of hydrogen-bond donors (Lipinski definition) is 1. The van der Waals surface area contributed by atoms with Crippen LogP contribution in [0.2, 0.25) is 0 Å². The first-order chi connectivity index (χ1) is 9.29. The van der Waals surface area contributed by atoms with Gasteiger partial charge in [0.1, 0.15) is 0 Å². The van der Waals surface area contributed by atoms with Crippen LogP contribution < -0.4 is 0 Å². The van der Waals surface area contributed by atoms with Crippen molar-refractivity contribution in [1.29, 1.82) is 0 Å². The average Bonchev–Trinajstić information content (AvgIpc) is 2.46. The van der Waals surface area contributed by atoms with Crippen LogP contribution in [0.1, 0.15) is 44.7 Å². The highest BCUT2D eigenvalue weighted by atomic mass is 16.3. The van der Waals surface area contributed by atoms with Gasteiger partial charge in [-0.3, -0.25) is 9.88 Å². The Balaban J connectivity index is 1.73. The molecule has 2 rings (SSSR count). The van der Waals surface area contributed by atoms with Crippen LogP contribution in [-0.2, 0) is 6.54 Å². The normalized spacial score (nSPS) is 19.5. The molecule has 0 radical (unpaired) electrons. The Morgan fingerprint density at radius 1 is 1.37 bits per heavy atom. The van der Waals surface area contributed by atoms with Crippen molar-refractivity contribution in [2.75, 3.05) is 13.1 Å². The first-order valence-corrected chi connectivity index (χ1v) is 7.60. The van der Waals surface area contributed by atoms with Gasteiger partial charge in [-0.1, -0.05) is 25.8 Å². The maximum Gasteiger partial charge on any atom is 0.0569 e. The van der Waals surface area contributed by atoms with Gasteiger partial charge in [0.05, 0.1) is 11.8 Å². The van der Waals surface area contributed by atoms with E-state index in [2.05, 4.69) is 22.9 Å². The zero-order chi connectivity index (χ0) is 13.5. The van der Waals surface area contributed by atoms with E-state index in [1.807, 2.05) is 18.3 Å². The second-order valence-electron chi connectivity index (χ2n) is 5.64. The number of aliphatic hydroxyl groups excluding tert-OH is 1. The van der Waals surface area contributed by atoms with Crippen molar-refractivity contribution in [3.8, 4) is 0 Å². The summed E-state index contributed by atoms with van der Waals surface area (Å²) < 4.78 is 0. The molecule has 1 atom stereocenters. The zero-order valence-electron chi connectivity index (χ0n) is 12.0. The van der Waals surface area contributed by atoms with Crippen molar-refractivity contribution in [3.05, 3.63) is 30.1 Å². The Morgan fingerprint density at radius 2 is 2.16 bits per heavy atom. The minimum Gasteiger partial charge on any atom is -0.393 e. The quantitative estimate of drug-likeness (QED) is 0.856. The van der Waals surface area contributed by atoms with E-state index in [0.717, 1.165) is 51.0 Å². The molecule has 3 heteroatoms. The molecule has 1 unspecified atom stereocenters. The molecule has 2 heterocycles. The molecule has 0 aliphatic carbocycles. The smallest absolute Gasteiger partial charge is 0.0569 e. The predicted octanol–water partition coefficient (Wildman–Crippen LogP) is 2.84. The molecule has 1 saturated heterocycles. The van der Waals surface area contributed by atoms with E-state index in [1.54, 1.807) is 0 Å². The highest BCUT2D eigenvalue weighted by Gasteiger charge is 2.24. The number of aliphatic hydroxyl groups is 1. The van der Waals surface area contributed by atoms with Crippen molar-refractivity contribution in [2.24, 2.45) is 5.92 Å². The van der Waals surface area contributed by atoms with Gasteiger partial charge in [0, 0.05) is 12.7 Å². The Morgan fingerprint density at radius 3 is 2.79 bits per heavy atom. The second-order valence-corrected chi connectivity index (χ2v) is 5.64. The third-order valence-electron chi connectivity index (χ3n) is 4.14. The number of nitrogens with zero attached hydrogens (tertiary/aromatic N) is 2. The lowest BCUT2D eigenvalue weighted by molar-refractivity contribution is 0.0500. The van der Waals surface area contributed by atoms with Gasteiger partial charge in [0.25, 0.3) is 0 Å². The fourth-order valence-corrected chi connectivity index (χ4v) is 2.87. The van der Waals surface area contributed by atoms with Crippen molar-refractivity contribution in [1.82, 2.24) is 9.88 Å². The number of piperidine rings is 1. The van der Waals surface area contributed by atoms with Crippen LogP contribution in [0.3, 0.4) is 0 Å². The number of pyridine rings is 1. The molecule has 0 amide bonds. The minimum atomic E-state index is -0.0862. The fourth-order valence-electron chi connectivity index (χ4n) is 2.87. The molecule has 1 aromatic rings. The molecule has 1 aliphatic rings. The highest BCUT2D eigenvalue weighted by Crippen LogP contribution is 2.24. The van der Waals surface area contributed by atoms with Gasteiger partial charge in [-0.05, 0) is 50.4 Å². The maximum atomic E-state index is 10.2. The zero-order valence-corrected chi connectivity index (χ0v) is 12.0. The first kappa shape index (κ1) is 14.5. The Hall–Kier alpha value is -0.930. The van der Waals surface area contributed by atoms with E-state index in [4.69, 9.17) is 0 Å². The molecule has 0 bridgehead atoms. The summed E-state index contributed by atoms with van der Waals surface area (Å²) in [4.78, 5) is 6.83. The van der Waals surface area contributed by atoms with Crippen LogP contribution in [0.15, 0.2) is 24.4 Å². The van der Waals surface area contributed by atoms with E-state index < -0.39 is 0 Å². The fraction of sp³-hybridized carbons (Fsp3) is 0.688. The molecule has 1 fully saturated rings. The third-order valence-corrected chi connectivity index (χ3v) is 4.14. The van der Waals surface area contributed by atoms with Gasteiger partial charge in [0.2, 0.25) is 0 Å². The molecular formula is C16H26N2O. The van der Waals surface area contributed by atoms with Gasteiger partial charge in [-0.25, -0.2) is 0 Å². The van der Waals surface area contributed by atoms with Crippen LogP contribution in [0.25, 0.3) is 0 Å². The summed E-state index contributed by atoms with van der Waals surface area (Å²) in [5.41, 5.74) is 1.15. The largest absolute Gasteiger partial charge is 0.393 e. The van der Waals surface area contributed by atoms with Crippen molar-refractivity contribution < 1.29 is 5.11 Å². The minimum absolute atomic E-state index is 0.0862. The van der Waals surface area contributed by atoms with Gasteiger partial charge < -0.3 is 5.11 Å². The van der Waals surface area contributed by atoms with E-state index in [1.165, 1.54) is 6.42 Å². The highest BCUT2D eigenvalue weighted by molar-refractivity contribution is 5.03. The second kappa shape index (κ2) is 7.61. The van der Waals surface area contributed by atoms with Gasteiger partial charge in [-0.15, -0.1) is 0 Å². The number of likely N-dealkylation sites (tertiary alicyclic amines) is 1. The summed E-state index contributed by atoms with van der Waals surface area (Å²) in [6.45, 7) is 5.30. The number of aromatic nitrogens is 1. The summed E-state index contributed by atoms with van der Waals surface area (Å²) in [6.07, 6.45) is 7.31. The molecule has 0 aromatic carbocycles. The average molecular weight is 262 g/mol.